The van der Waals surface area contributed by atoms with Crippen molar-refractivity contribution < 1.29 is 119 Å². The summed E-state index contributed by atoms with van der Waals surface area (Å²) in [6.07, 6.45) is -23.7. The number of unbranched alkanes of at least 4 members (excludes halogenated alkanes) is 7. The van der Waals surface area contributed by atoms with E-state index in [0.717, 1.165) is 58.8 Å². The second-order valence-corrected chi connectivity index (χ2v) is 17.3. The van der Waals surface area contributed by atoms with E-state index in [1.165, 1.54) is 0 Å². The van der Waals surface area contributed by atoms with Gasteiger partial charge in [0, 0.05) is 33.3 Å². The normalized spacial score (nSPS) is 39.6. The molecular weight excluding hydrogens is 916 g/mol. The molecule has 4 aliphatic heterocycles. The molecule has 0 bridgehead atoms. The average Bonchev–Trinajstić information content (AvgIpc) is 3.30. The third-order valence-electron chi connectivity index (χ3n) is 12.2. The van der Waals surface area contributed by atoms with Crippen LogP contribution in [0.3, 0.4) is 0 Å². The summed E-state index contributed by atoms with van der Waals surface area (Å²) >= 11 is 0. The van der Waals surface area contributed by atoms with E-state index in [9.17, 15) is 80.8 Å². The van der Waals surface area contributed by atoms with E-state index in [4.69, 9.17) is 44.3 Å². The Kier molecular flexibility index (Phi) is 23.0. The van der Waals surface area contributed by atoms with Gasteiger partial charge in [-0.2, -0.15) is 0 Å². The van der Waals surface area contributed by atoms with E-state index in [2.05, 4.69) is 16.6 Å². The molecule has 4 saturated heterocycles. The average molecular weight is 987 g/mol. The summed E-state index contributed by atoms with van der Waals surface area (Å²) in [5, 5.41) is 145. The Bertz CT molecular complexity index is 1610. The highest BCUT2D eigenvalue weighted by Gasteiger charge is 2.61. The maximum Gasteiger partial charge on any atom is 0.364 e. The molecule has 4 heterocycles. The molecule has 0 aromatic rings. The maximum absolute atomic E-state index is 13.3. The van der Waals surface area contributed by atoms with E-state index in [1.54, 1.807) is 0 Å². The molecule has 4 rings (SSSR count). The number of carboxylic acid groups (broad SMARTS) is 1. The number of amides is 2. The quantitative estimate of drug-likeness (QED) is 0.0299. The Morgan fingerprint density at radius 2 is 1.22 bits per heavy atom. The predicted octanol–water partition coefficient (Wildman–Crippen LogP) is -6.48. The van der Waals surface area contributed by atoms with Gasteiger partial charge in [0.25, 0.3) is 5.79 Å². The summed E-state index contributed by atoms with van der Waals surface area (Å²) in [6, 6.07) is -3.34. The van der Waals surface area contributed by atoms with Gasteiger partial charge in [-0.1, -0.05) is 32.1 Å². The number of ether oxygens (including phenoxy) is 8. The van der Waals surface area contributed by atoms with Gasteiger partial charge in [0.2, 0.25) is 11.8 Å². The molecule has 0 saturated carbocycles. The van der Waals surface area contributed by atoms with Gasteiger partial charge in [-0.15, -0.1) is 12.3 Å². The topological polar surface area (TPSA) is 412 Å². The third-order valence-corrected chi connectivity index (χ3v) is 12.2. The highest BCUT2D eigenvalue weighted by molar-refractivity contribution is 5.76. The summed E-state index contributed by atoms with van der Waals surface area (Å²) in [7, 11) is 0. The standard InChI is InChI=1S/C42H70N2O24/c1-4-5-6-7-8-9-10-11-12-13-61-39-32(57)31(56)34(24(17-47)63-39)65-40-33(58)37(35(25(18-48)64-40)66-38-27(44-20(3)50)30(55)29(54)23(16-46)62-38)68-42(41(59)60)14-21(51)26(43-19(2)49)36(67-42)28(53)22(52)15-45/h1,21-40,45-48,51-58H,5-18H2,2-3H3,(H,43,49)(H,44,50)(H,59,60)/t21-,22+,23+,24+,25+,26+,27+,28+,29-,30+,31+,32+,33+,34+,35-,36+,37+,38-,39+,40-,42-/m0/s1. The second-order valence-electron chi connectivity index (χ2n) is 17.3. The Morgan fingerprint density at radius 1 is 0.676 bits per heavy atom. The van der Waals surface area contributed by atoms with Crippen LogP contribution < -0.4 is 10.6 Å². The predicted molar refractivity (Wildman–Crippen MR) is 224 cm³/mol. The number of aliphatic carboxylic acids is 1. The molecule has 392 valence electrons. The Labute approximate surface area is 391 Å². The third kappa shape index (κ3) is 14.4. The first-order valence-electron chi connectivity index (χ1n) is 22.6. The van der Waals surface area contributed by atoms with E-state index in [-0.39, 0.29) is 6.61 Å². The fourth-order valence-electron chi connectivity index (χ4n) is 8.59. The van der Waals surface area contributed by atoms with Crippen LogP contribution in [0.2, 0.25) is 0 Å². The summed E-state index contributed by atoms with van der Waals surface area (Å²) < 4.78 is 46.8. The first-order valence-corrected chi connectivity index (χ1v) is 22.6. The van der Waals surface area contributed by atoms with Crippen LogP contribution in [-0.4, -0.2) is 246 Å². The molecule has 15 N–H and O–H groups in total. The number of aliphatic hydroxyl groups excluding tert-OH is 12. The van der Waals surface area contributed by atoms with Crippen molar-refractivity contribution in [2.75, 3.05) is 33.0 Å². The number of carbonyl (C=O) groups is 3. The van der Waals surface area contributed by atoms with Crippen LogP contribution in [0.15, 0.2) is 0 Å². The fraction of sp³-hybridized carbons (Fsp3) is 0.881. The molecule has 26 nitrogen and oxygen atoms in total. The smallest absolute Gasteiger partial charge is 0.364 e. The lowest BCUT2D eigenvalue weighted by Crippen LogP contribution is -2.72. The summed E-state index contributed by atoms with van der Waals surface area (Å²) in [4.78, 5) is 37.8. The SMILES string of the molecule is C#CCCCCCCCCCO[C@@H]1O[C@H](CO)[C@@H](O[C@@H]2O[C@H](CO)[C@H](O[C@@H]3O[C@H](CO)[C@H](O)[C@H](O)[C@H]3NC(C)=O)[C@H](O[C@]3(C(=O)O)C[C@H](O)[C@@H](NC(C)=O)[C@H]([C@H](O)[C@H](O)CO)O3)[C@H]2O)[C@H](O)[C@H]1O. The van der Waals surface area contributed by atoms with Crippen molar-refractivity contribution in [3.05, 3.63) is 0 Å². The van der Waals surface area contributed by atoms with Gasteiger partial charge in [-0.05, 0) is 12.8 Å². The van der Waals surface area contributed by atoms with Gasteiger partial charge in [-0.3, -0.25) is 9.59 Å². The monoisotopic (exact) mass is 986 g/mol. The zero-order chi connectivity index (χ0) is 50.5. The number of terminal acetylenes is 1. The van der Waals surface area contributed by atoms with Crippen LogP contribution >= 0.6 is 0 Å². The molecule has 4 aliphatic rings. The number of nitrogens with one attached hydrogen (secondary N) is 2. The number of carbonyl (C=O) groups excluding carboxylic acids is 2. The molecular formula is C42H70N2O24. The van der Waals surface area contributed by atoms with E-state index >= 15 is 0 Å². The molecule has 0 radical (unpaired) electrons. The van der Waals surface area contributed by atoms with Crippen molar-refractivity contribution in [1.82, 2.24) is 10.6 Å². The van der Waals surface area contributed by atoms with Gasteiger partial charge < -0.3 is 115 Å². The lowest BCUT2D eigenvalue weighted by molar-refractivity contribution is -0.400. The van der Waals surface area contributed by atoms with Crippen molar-refractivity contribution in [1.29, 1.82) is 0 Å². The van der Waals surface area contributed by atoms with Crippen LogP contribution in [-0.2, 0) is 52.3 Å². The zero-order valence-corrected chi connectivity index (χ0v) is 37.8. The fourth-order valence-corrected chi connectivity index (χ4v) is 8.59. The minimum atomic E-state index is -3.22. The van der Waals surface area contributed by atoms with Crippen molar-refractivity contribution in [3.63, 3.8) is 0 Å². The number of hydrogen-bond donors (Lipinski definition) is 15. The summed E-state index contributed by atoms with van der Waals surface area (Å²) in [6.45, 7) is -1.88. The van der Waals surface area contributed by atoms with E-state index < -0.39 is 179 Å². The molecule has 4 fully saturated rings. The molecule has 26 heteroatoms. The van der Waals surface area contributed by atoms with E-state index in [1.807, 2.05) is 0 Å². The lowest BCUT2D eigenvalue weighted by atomic mass is 9.88. The Hall–Kier alpha value is -2.83. The maximum atomic E-state index is 13.3. The second kappa shape index (κ2) is 27.1. The van der Waals surface area contributed by atoms with Crippen molar-refractivity contribution in [2.45, 2.75) is 200 Å². The molecule has 0 aromatic carbocycles. The minimum absolute atomic E-state index is 0.102. The Morgan fingerprint density at radius 3 is 1.79 bits per heavy atom. The largest absolute Gasteiger partial charge is 0.477 e. The van der Waals surface area contributed by atoms with Gasteiger partial charge >= 0.3 is 5.97 Å². The molecule has 0 aromatic heterocycles. The minimum Gasteiger partial charge on any atom is -0.477 e. The number of hydrogen-bond acceptors (Lipinski definition) is 23. The Balaban J connectivity index is 1.67. The molecule has 68 heavy (non-hydrogen) atoms. The molecule has 0 aliphatic carbocycles. The van der Waals surface area contributed by atoms with Crippen molar-refractivity contribution in [2.24, 2.45) is 0 Å². The van der Waals surface area contributed by atoms with Crippen molar-refractivity contribution in [3.8, 4) is 12.3 Å². The van der Waals surface area contributed by atoms with Crippen LogP contribution in [0.4, 0.5) is 0 Å². The molecule has 0 unspecified atom stereocenters. The van der Waals surface area contributed by atoms with Gasteiger partial charge in [-0.25, -0.2) is 4.79 Å². The molecule has 2 amide bonds. The number of carboxylic acids is 1. The van der Waals surface area contributed by atoms with E-state index in [0.29, 0.717) is 6.42 Å². The van der Waals surface area contributed by atoms with Crippen LogP contribution in [0.1, 0.15) is 71.6 Å². The van der Waals surface area contributed by atoms with Crippen LogP contribution in [0.25, 0.3) is 0 Å². The first kappa shape index (κ1) is 57.7. The summed E-state index contributed by atoms with van der Waals surface area (Å²) in [5.41, 5.74) is 0. The highest BCUT2D eigenvalue weighted by Crippen LogP contribution is 2.40. The van der Waals surface area contributed by atoms with Gasteiger partial charge in [0.05, 0.1) is 38.6 Å². The molecule has 0 spiro atoms. The number of rotatable bonds is 25. The van der Waals surface area contributed by atoms with Crippen LogP contribution in [0, 0.1) is 12.3 Å². The molecule has 21 atom stereocenters. The lowest BCUT2D eigenvalue weighted by Gasteiger charge is -2.52. The zero-order valence-electron chi connectivity index (χ0n) is 37.8. The van der Waals surface area contributed by atoms with Crippen molar-refractivity contribution >= 4 is 17.8 Å². The van der Waals surface area contributed by atoms with Gasteiger partial charge in [0.15, 0.2) is 18.9 Å². The number of aliphatic hydroxyl groups is 12. The van der Waals surface area contributed by atoms with Gasteiger partial charge in [0.1, 0.15) is 91.5 Å². The summed E-state index contributed by atoms with van der Waals surface area (Å²) in [5.74, 6) is -4.28. The van der Waals surface area contributed by atoms with Crippen LogP contribution in [0.5, 0.6) is 0 Å². The highest BCUT2D eigenvalue weighted by atomic mass is 16.8. The first-order chi connectivity index (χ1) is 32.3.